The number of carbonyl (C=O) groups excluding carboxylic acids is 1. The molecular weight excluding hydrogens is 414 g/mol. The van der Waals surface area contributed by atoms with Crippen LogP contribution >= 0.6 is 27.7 Å². The van der Waals surface area contributed by atoms with Crippen LogP contribution in [0, 0.1) is 6.92 Å². The van der Waals surface area contributed by atoms with Gasteiger partial charge in [0.25, 0.3) is 0 Å². The van der Waals surface area contributed by atoms with Crippen LogP contribution in [0.2, 0.25) is 0 Å². The predicted molar refractivity (Wildman–Crippen MR) is 97.0 cm³/mol. The Labute approximate surface area is 151 Å². The van der Waals surface area contributed by atoms with Crippen molar-refractivity contribution < 1.29 is 13.2 Å². The van der Waals surface area contributed by atoms with Crippen LogP contribution in [-0.4, -0.2) is 28.8 Å². The number of hydrogen-bond donors (Lipinski definition) is 1. The Kier molecular flexibility index (Phi) is 4.66. The van der Waals surface area contributed by atoms with Gasteiger partial charge in [0, 0.05) is 10.2 Å². The molecule has 3 rings (SSSR count). The molecule has 24 heavy (non-hydrogen) atoms. The Bertz CT molecular complexity index is 1030. The molecule has 0 atom stereocenters. The fraction of sp³-hybridized carbons (Fsp3) is 0.133. The quantitative estimate of drug-likeness (QED) is 0.692. The van der Waals surface area contributed by atoms with Crippen LogP contribution in [0.4, 0.5) is 5.69 Å². The fourth-order valence-electron chi connectivity index (χ4n) is 2.24. The van der Waals surface area contributed by atoms with Crippen LogP contribution in [0.1, 0.15) is 5.56 Å². The summed E-state index contributed by atoms with van der Waals surface area (Å²) in [5.41, 5.74) is 2.22. The molecule has 0 aliphatic rings. The van der Waals surface area contributed by atoms with Gasteiger partial charge in [0.1, 0.15) is 16.8 Å². The van der Waals surface area contributed by atoms with E-state index in [1.807, 2.05) is 13.0 Å². The van der Waals surface area contributed by atoms with E-state index in [2.05, 4.69) is 30.0 Å². The average Bonchev–Trinajstić information content (AvgIpc) is 2.97. The zero-order valence-electron chi connectivity index (χ0n) is 12.5. The van der Waals surface area contributed by atoms with Crippen molar-refractivity contribution in [2.24, 2.45) is 0 Å². The molecule has 1 amide bonds. The summed E-state index contributed by atoms with van der Waals surface area (Å²) in [6.07, 6.45) is 0. The van der Waals surface area contributed by atoms with Crippen molar-refractivity contribution in [1.29, 1.82) is 0 Å². The summed E-state index contributed by atoms with van der Waals surface area (Å²) in [4.78, 5) is 12.2. The lowest BCUT2D eigenvalue weighted by atomic mass is 10.2. The molecule has 0 saturated carbocycles. The maximum Gasteiger partial charge on any atom is 0.239 e. The normalized spacial score (nSPS) is 11.6. The third kappa shape index (κ3) is 3.47. The van der Waals surface area contributed by atoms with Crippen LogP contribution in [0.5, 0.6) is 0 Å². The Morgan fingerprint density at radius 2 is 2.04 bits per heavy atom. The molecule has 3 aromatic rings. The number of halogens is 1. The summed E-state index contributed by atoms with van der Waals surface area (Å²) in [6, 6.07) is 10.0. The molecule has 6 nitrogen and oxygen atoms in total. The number of sulfone groups is 1. The molecule has 1 N–H and O–H groups in total. The van der Waals surface area contributed by atoms with Gasteiger partial charge < -0.3 is 5.32 Å². The van der Waals surface area contributed by atoms with Crippen LogP contribution in [-0.2, 0) is 14.6 Å². The van der Waals surface area contributed by atoms with Gasteiger partial charge in [-0.15, -0.1) is 0 Å². The van der Waals surface area contributed by atoms with Crippen molar-refractivity contribution in [3.05, 3.63) is 46.4 Å². The lowest BCUT2D eigenvalue weighted by Gasteiger charge is -2.09. The number of benzene rings is 2. The predicted octanol–water partition coefficient (Wildman–Crippen LogP) is 3.17. The molecule has 1 heterocycles. The van der Waals surface area contributed by atoms with E-state index < -0.39 is 21.5 Å². The van der Waals surface area contributed by atoms with Crippen LogP contribution in [0.3, 0.4) is 0 Å². The minimum absolute atomic E-state index is 0.0245. The second kappa shape index (κ2) is 6.58. The van der Waals surface area contributed by atoms with Crippen molar-refractivity contribution in [3.63, 3.8) is 0 Å². The van der Waals surface area contributed by atoms with Gasteiger partial charge in [-0.3, -0.25) is 4.79 Å². The summed E-state index contributed by atoms with van der Waals surface area (Å²) in [5, 5.41) is 2.63. The van der Waals surface area contributed by atoms with Gasteiger partial charge >= 0.3 is 0 Å². The van der Waals surface area contributed by atoms with Gasteiger partial charge in [-0.1, -0.05) is 22.0 Å². The molecule has 0 spiro atoms. The summed E-state index contributed by atoms with van der Waals surface area (Å²) < 4.78 is 34.0. The first-order valence-electron chi connectivity index (χ1n) is 6.87. The third-order valence-corrected chi connectivity index (χ3v) is 6.05. The van der Waals surface area contributed by atoms with Gasteiger partial charge in [-0.25, -0.2) is 8.42 Å². The van der Waals surface area contributed by atoms with Crippen molar-refractivity contribution >= 4 is 60.1 Å². The number of aryl methyl sites for hydroxylation is 1. The Hall–Kier alpha value is -1.84. The summed E-state index contributed by atoms with van der Waals surface area (Å²) in [5.74, 6) is -1.25. The second-order valence-corrected chi connectivity index (χ2v) is 8.56. The van der Waals surface area contributed by atoms with Gasteiger partial charge in [0.05, 0.1) is 16.6 Å². The number of hydrogen-bond acceptors (Lipinski definition) is 6. The lowest BCUT2D eigenvalue weighted by molar-refractivity contribution is -0.113. The van der Waals surface area contributed by atoms with Crippen molar-refractivity contribution in [1.82, 2.24) is 8.75 Å². The Morgan fingerprint density at radius 3 is 2.79 bits per heavy atom. The largest absolute Gasteiger partial charge is 0.325 e. The molecule has 2 aromatic carbocycles. The SMILES string of the molecule is Cc1cc(Br)ccc1NC(=O)CS(=O)(=O)c1cccc2nsnc12. The number of nitrogens with one attached hydrogen (secondary N) is 1. The van der Waals surface area contributed by atoms with Gasteiger partial charge in [-0.05, 0) is 42.8 Å². The first kappa shape index (κ1) is 17.0. The summed E-state index contributed by atoms with van der Waals surface area (Å²) in [6.45, 7) is 1.83. The van der Waals surface area contributed by atoms with Crippen LogP contribution < -0.4 is 5.32 Å². The highest BCUT2D eigenvalue weighted by Gasteiger charge is 2.23. The molecule has 0 unspecified atom stereocenters. The average molecular weight is 426 g/mol. The highest BCUT2D eigenvalue weighted by Crippen LogP contribution is 2.23. The van der Waals surface area contributed by atoms with E-state index in [-0.39, 0.29) is 4.90 Å². The number of carbonyl (C=O) groups is 1. The third-order valence-electron chi connectivity index (χ3n) is 3.37. The van der Waals surface area contributed by atoms with E-state index in [0.717, 1.165) is 21.8 Å². The zero-order valence-corrected chi connectivity index (χ0v) is 15.7. The second-order valence-electron chi connectivity index (χ2n) is 5.15. The van der Waals surface area contributed by atoms with E-state index in [9.17, 15) is 13.2 Å². The van der Waals surface area contributed by atoms with Crippen LogP contribution in [0.15, 0.2) is 45.8 Å². The standard InChI is InChI=1S/C15H12BrN3O3S2/c1-9-7-10(16)5-6-11(9)17-14(20)8-24(21,22)13-4-2-3-12-15(13)19-23-18-12/h2-7H,8H2,1H3,(H,17,20). The van der Waals surface area contributed by atoms with Crippen molar-refractivity contribution in [2.45, 2.75) is 11.8 Å². The first-order valence-corrected chi connectivity index (χ1v) is 10.0. The molecule has 0 fully saturated rings. The molecule has 0 aliphatic carbocycles. The molecule has 0 bridgehead atoms. The van der Waals surface area contributed by atoms with Gasteiger partial charge in [0.2, 0.25) is 5.91 Å². The number of anilines is 1. The van der Waals surface area contributed by atoms with E-state index in [1.165, 1.54) is 6.07 Å². The molecule has 1 aromatic heterocycles. The monoisotopic (exact) mass is 425 g/mol. The topological polar surface area (TPSA) is 89.0 Å². The molecular formula is C15H12BrN3O3S2. The lowest BCUT2D eigenvalue weighted by Crippen LogP contribution is -2.23. The minimum Gasteiger partial charge on any atom is -0.325 e. The fourth-order valence-corrected chi connectivity index (χ4v) is 4.62. The van der Waals surface area contributed by atoms with Crippen molar-refractivity contribution in [3.8, 4) is 0 Å². The zero-order chi connectivity index (χ0) is 17.3. The smallest absolute Gasteiger partial charge is 0.239 e. The van der Waals surface area contributed by atoms with E-state index in [4.69, 9.17) is 0 Å². The van der Waals surface area contributed by atoms with E-state index >= 15 is 0 Å². The van der Waals surface area contributed by atoms with E-state index in [1.54, 1.807) is 24.3 Å². The Balaban J connectivity index is 1.84. The summed E-state index contributed by atoms with van der Waals surface area (Å²) in [7, 11) is -3.81. The molecule has 0 saturated heterocycles. The van der Waals surface area contributed by atoms with Gasteiger partial charge in [0.15, 0.2) is 9.84 Å². The highest BCUT2D eigenvalue weighted by molar-refractivity contribution is 9.10. The number of fused-ring (bicyclic) bond motifs is 1. The summed E-state index contributed by atoms with van der Waals surface area (Å²) >= 11 is 4.28. The maximum absolute atomic E-state index is 12.6. The molecule has 124 valence electrons. The van der Waals surface area contributed by atoms with Crippen LogP contribution in [0.25, 0.3) is 11.0 Å². The molecule has 0 radical (unpaired) electrons. The Morgan fingerprint density at radius 1 is 1.25 bits per heavy atom. The van der Waals surface area contributed by atoms with E-state index in [0.29, 0.717) is 16.7 Å². The maximum atomic E-state index is 12.6. The van der Waals surface area contributed by atoms with Crippen molar-refractivity contribution in [2.75, 3.05) is 11.1 Å². The first-order chi connectivity index (χ1) is 11.4. The highest BCUT2D eigenvalue weighted by atomic mass is 79.9. The number of amides is 1. The molecule has 0 aliphatic heterocycles. The number of rotatable bonds is 4. The van der Waals surface area contributed by atoms with Gasteiger partial charge in [-0.2, -0.15) is 8.75 Å². The number of nitrogens with zero attached hydrogens (tertiary/aromatic N) is 2. The number of aromatic nitrogens is 2. The molecule has 9 heteroatoms. The minimum atomic E-state index is -3.81.